The first kappa shape index (κ1) is 13.6. The molecule has 0 atom stereocenters. The second-order valence-electron chi connectivity index (χ2n) is 4.31. The van der Waals surface area contributed by atoms with Gasteiger partial charge in [-0.15, -0.1) is 0 Å². The summed E-state index contributed by atoms with van der Waals surface area (Å²) in [6.07, 6.45) is 0. The fourth-order valence-corrected chi connectivity index (χ4v) is 2.20. The molecule has 3 nitrogen and oxygen atoms in total. The molecular weight excluding hydrogens is 298 g/mol. The molecule has 0 amide bonds. The molecule has 0 aliphatic rings. The minimum atomic E-state index is -0.557. The van der Waals surface area contributed by atoms with E-state index in [0.29, 0.717) is 0 Å². The van der Waals surface area contributed by atoms with Gasteiger partial charge in [0, 0.05) is 5.56 Å². The Balaban J connectivity index is 2.13. The normalized spacial score (nSPS) is 10.8. The standard InChI is InChI=1S/C15H7ClF2N2O/c16-14-12-10(18)2-1-3-11(12)19-15(20-14)13(21)8-4-6-9(17)7-5-8/h1-7H. The zero-order chi connectivity index (χ0) is 15.0. The zero-order valence-electron chi connectivity index (χ0n) is 10.5. The number of benzene rings is 2. The number of hydrogen-bond donors (Lipinski definition) is 0. The van der Waals surface area contributed by atoms with Gasteiger partial charge in [0.25, 0.3) is 0 Å². The fourth-order valence-electron chi connectivity index (χ4n) is 1.93. The van der Waals surface area contributed by atoms with Gasteiger partial charge in [0.1, 0.15) is 16.8 Å². The van der Waals surface area contributed by atoms with Crippen LogP contribution in [-0.4, -0.2) is 15.8 Å². The van der Waals surface area contributed by atoms with Gasteiger partial charge in [-0.1, -0.05) is 17.7 Å². The summed E-state index contributed by atoms with van der Waals surface area (Å²) in [4.78, 5) is 20.1. The van der Waals surface area contributed by atoms with E-state index in [-0.39, 0.29) is 27.4 Å². The van der Waals surface area contributed by atoms with Crippen LogP contribution in [-0.2, 0) is 0 Å². The molecule has 0 bridgehead atoms. The molecule has 0 aliphatic heterocycles. The number of rotatable bonds is 2. The fraction of sp³-hybridized carbons (Fsp3) is 0. The monoisotopic (exact) mass is 304 g/mol. The molecule has 0 radical (unpaired) electrons. The van der Waals surface area contributed by atoms with Gasteiger partial charge in [-0.25, -0.2) is 18.7 Å². The van der Waals surface area contributed by atoms with Gasteiger partial charge < -0.3 is 0 Å². The SMILES string of the molecule is O=C(c1ccc(F)cc1)c1nc(Cl)c2c(F)cccc2n1. The summed E-state index contributed by atoms with van der Waals surface area (Å²) in [6.45, 7) is 0. The number of ketones is 1. The largest absolute Gasteiger partial charge is 0.285 e. The number of hydrogen-bond acceptors (Lipinski definition) is 3. The predicted octanol–water partition coefficient (Wildman–Crippen LogP) is 3.79. The van der Waals surface area contributed by atoms with Crippen LogP contribution in [0.2, 0.25) is 5.15 Å². The molecule has 0 fully saturated rings. The first-order chi connectivity index (χ1) is 10.1. The summed E-state index contributed by atoms with van der Waals surface area (Å²) in [5, 5.41) is -0.0709. The average Bonchev–Trinajstić information content (AvgIpc) is 2.47. The second-order valence-corrected chi connectivity index (χ2v) is 4.67. The Kier molecular flexibility index (Phi) is 3.35. The third kappa shape index (κ3) is 2.48. The van der Waals surface area contributed by atoms with E-state index >= 15 is 0 Å². The van der Waals surface area contributed by atoms with Crippen molar-refractivity contribution >= 4 is 28.3 Å². The topological polar surface area (TPSA) is 42.9 Å². The van der Waals surface area contributed by atoms with Crippen LogP contribution < -0.4 is 0 Å². The summed E-state index contributed by atoms with van der Waals surface area (Å²) in [5.41, 5.74) is 0.462. The van der Waals surface area contributed by atoms with Gasteiger partial charge in [0.15, 0.2) is 0 Å². The highest BCUT2D eigenvalue weighted by Gasteiger charge is 2.16. The summed E-state index contributed by atoms with van der Waals surface area (Å²) >= 11 is 5.92. The quantitative estimate of drug-likeness (QED) is 0.534. The highest BCUT2D eigenvalue weighted by molar-refractivity contribution is 6.34. The van der Waals surface area contributed by atoms with Crippen LogP contribution in [0.15, 0.2) is 42.5 Å². The lowest BCUT2D eigenvalue weighted by Crippen LogP contribution is -2.08. The van der Waals surface area contributed by atoms with Crippen molar-refractivity contribution < 1.29 is 13.6 Å². The van der Waals surface area contributed by atoms with E-state index in [1.807, 2.05) is 0 Å². The molecule has 0 saturated heterocycles. The Hall–Kier alpha value is -2.40. The van der Waals surface area contributed by atoms with E-state index in [4.69, 9.17) is 11.6 Å². The second kappa shape index (κ2) is 5.18. The molecule has 3 rings (SSSR count). The maximum absolute atomic E-state index is 13.7. The Bertz CT molecular complexity index is 850. The van der Waals surface area contributed by atoms with Crippen LogP contribution in [0.3, 0.4) is 0 Å². The van der Waals surface area contributed by atoms with Crippen molar-refractivity contribution in [3.63, 3.8) is 0 Å². The van der Waals surface area contributed by atoms with E-state index in [1.54, 1.807) is 0 Å². The lowest BCUT2D eigenvalue weighted by atomic mass is 10.1. The van der Waals surface area contributed by atoms with Gasteiger partial charge in [0.05, 0.1) is 10.9 Å². The van der Waals surface area contributed by atoms with Crippen LogP contribution >= 0.6 is 11.6 Å². The molecule has 2 aromatic carbocycles. The molecule has 0 unspecified atom stereocenters. The third-order valence-corrected chi connectivity index (χ3v) is 3.21. The summed E-state index contributed by atoms with van der Waals surface area (Å²) in [7, 11) is 0. The van der Waals surface area contributed by atoms with Crippen molar-refractivity contribution in [1.29, 1.82) is 0 Å². The van der Waals surface area contributed by atoms with Gasteiger partial charge in [-0.2, -0.15) is 0 Å². The van der Waals surface area contributed by atoms with Crippen LogP contribution in [0, 0.1) is 11.6 Å². The van der Waals surface area contributed by atoms with Crippen molar-refractivity contribution in [3.05, 3.63) is 70.6 Å². The first-order valence-corrected chi connectivity index (χ1v) is 6.36. The number of carbonyl (C=O) groups is 1. The summed E-state index contributed by atoms with van der Waals surface area (Å²) in [5.74, 6) is -1.68. The van der Waals surface area contributed by atoms with Crippen LogP contribution in [0.25, 0.3) is 10.9 Å². The first-order valence-electron chi connectivity index (χ1n) is 5.98. The molecule has 1 heterocycles. The minimum Gasteiger partial charge on any atom is -0.285 e. The van der Waals surface area contributed by atoms with Gasteiger partial charge >= 0.3 is 0 Å². The Morgan fingerprint density at radius 3 is 2.43 bits per heavy atom. The van der Waals surface area contributed by atoms with Crippen molar-refractivity contribution in [2.24, 2.45) is 0 Å². The van der Waals surface area contributed by atoms with Crippen LogP contribution in [0.1, 0.15) is 16.2 Å². The molecule has 0 spiro atoms. The maximum atomic E-state index is 13.7. The predicted molar refractivity (Wildman–Crippen MR) is 74.3 cm³/mol. The maximum Gasteiger partial charge on any atom is 0.230 e. The Morgan fingerprint density at radius 2 is 1.71 bits per heavy atom. The average molecular weight is 305 g/mol. The van der Waals surface area contributed by atoms with E-state index in [9.17, 15) is 13.6 Å². The Morgan fingerprint density at radius 1 is 1.00 bits per heavy atom. The molecule has 0 N–H and O–H groups in total. The molecule has 21 heavy (non-hydrogen) atoms. The number of halogens is 3. The highest BCUT2D eigenvalue weighted by Crippen LogP contribution is 2.24. The van der Waals surface area contributed by atoms with E-state index in [1.165, 1.54) is 30.3 Å². The van der Waals surface area contributed by atoms with Crippen LogP contribution in [0.4, 0.5) is 8.78 Å². The number of aromatic nitrogens is 2. The van der Waals surface area contributed by atoms with Crippen molar-refractivity contribution in [3.8, 4) is 0 Å². The molecule has 1 aromatic heterocycles. The van der Waals surface area contributed by atoms with Gasteiger partial charge in [0.2, 0.25) is 11.6 Å². The lowest BCUT2D eigenvalue weighted by Gasteiger charge is -2.04. The lowest BCUT2D eigenvalue weighted by molar-refractivity contribution is 0.102. The molecular formula is C15H7ClF2N2O. The molecule has 104 valence electrons. The smallest absolute Gasteiger partial charge is 0.230 e. The minimum absolute atomic E-state index is 0.0647. The Labute approximate surface area is 123 Å². The van der Waals surface area contributed by atoms with E-state index in [2.05, 4.69) is 9.97 Å². The van der Waals surface area contributed by atoms with E-state index in [0.717, 1.165) is 12.1 Å². The van der Waals surface area contributed by atoms with Crippen molar-refractivity contribution in [2.75, 3.05) is 0 Å². The van der Waals surface area contributed by atoms with Crippen molar-refractivity contribution in [1.82, 2.24) is 9.97 Å². The van der Waals surface area contributed by atoms with Gasteiger partial charge in [-0.05, 0) is 36.4 Å². The van der Waals surface area contributed by atoms with Crippen LogP contribution in [0.5, 0.6) is 0 Å². The third-order valence-electron chi connectivity index (χ3n) is 2.94. The summed E-state index contributed by atoms with van der Waals surface area (Å²) < 4.78 is 26.5. The molecule has 0 aliphatic carbocycles. The molecule has 3 aromatic rings. The van der Waals surface area contributed by atoms with Crippen molar-refractivity contribution in [2.45, 2.75) is 0 Å². The van der Waals surface area contributed by atoms with Gasteiger partial charge in [-0.3, -0.25) is 4.79 Å². The highest BCUT2D eigenvalue weighted by atomic mass is 35.5. The summed E-state index contributed by atoms with van der Waals surface area (Å²) in [6, 6.07) is 9.21. The molecule has 0 saturated carbocycles. The zero-order valence-corrected chi connectivity index (χ0v) is 11.2. The molecule has 6 heteroatoms. The number of carbonyl (C=O) groups excluding carboxylic acids is 1. The van der Waals surface area contributed by atoms with E-state index < -0.39 is 17.4 Å². The number of nitrogens with zero attached hydrogens (tertiary/aromatic N) is 2. The number of fused-ring (bicyclic) bond motifs is 1.